The zero-order valence-corrected chi connectivity index (χ0v) is 6.20. The van der Waals surface area contributed by atoms with Crippen molar-refractivity contribution in [1.82, 2.24) is 0 Å². The maximum absolute atomic E-state index is 5.27. The molecule has 0 radical (unpaired) electrons. The Morgan fingerprint density at radius 1 is 1.62 bits per heavy atom. The second-order valence-electron chi connectivity index (χ2n) is 1.50. The molecule has 0 aromatic rings. The molecule has 0 aromatic heterocycles. The molecule has 3 heteroatoms. The molecule has 0 aliphatic carbocycles. The van der Waals surface area contributed by atoms with E-state index in [-0.39, 0.29) is 18.5 Å². The van der Waals surface area contributed by atoms with Crippen molar-refractivity contribution >= 4 is 12.4 Å². The fraction of sp³-hybridized carbons (Fsp3) is 1.00. The molecular formula is C5H14ClNO. The normalized spacial score (nSPS) is 12.4. The van der Waals surface area contributed by atoms with Gasteiger partial charge in [-0.3, -0.25) is 0 Å². The van der Waals surface area contributed by atoms with Crippen molar-refractivity contribution < 1.29 is 4.74 Å². The number of rotatable bonds is 3. The van der Waals surface area contributed by atoms with Crippen molar-refractivity contribution in [1.29, 1.82) is 0 Å². The first-order valence-corrected chi connectivity index (χ1v) is 2.58. The minimum Gasteiger partial charge on any atom is -0.380 e. The third kappa shape index (κ3) is 4.37. The predicted molar refractivity (Wildman–Crippen MR) is 37.4 cm³/mol. The van der Waals surface area contributed by atoms with Crippen LogP contribution in [0.2, 0.25) is 0 Å². The Morgan fingerprint density at radius 2 is 2.12 bits per heavy atom. The van der Waals surface area contributed by atoms with E-state index in [1.807, 2.05) is 0 Å². The van der Waals surface area contributed by atoms with Gasteiger partial charge < -0.3 is 10.5 Å². The van der Waals surface area contributed by atoms with Gasteiger partial charge in [-0.1, -0.05) is 6.92 Å². The molecule has 0 fully saturated rings. The molecule has 0 heterocycles. The highest BCUT2D eigenvalue weighted by Gasteiger charge is 1.96. The Bertz CT molecular complexity index is 33.9. The van der Waals surface area contributed by atoms with E-state index in [1.165, 1.54) is 0 Å². The maximum atomic E-state index is 5.27. The standard InChI is InChI=1S/C5H13NO.ClH/c1-3-5(4-6)7-2;/h5H,3-4,6H2,1-2H3;1H. The van der Waals surface area contributed by atoms with E-state index in [2.05, 4.69) is 6.92 Å². The molecule has 52 valence electrons. The maximum Gasteiger partial charge on any atom is 0.0690 e. The fourth-order valence-corrected chi connectivity index (χ4v) is 0.430. The molecule has 2 nitrogen and oxygen atoms in total. The van der Waals surface area contributed by atoms with Gasteiger partial charge in [-0.25, -0.2) is 0 Å². The predicted octanol–water partition coefficient (Wildman–Crippen LogP) is 0.792. The Balaban J connectivity index is 0. The van der Waals surface area contributed by atoms with Crippen LogP contribution in [0.25, 0.3) is 0 Å². The van der Waals surface area contributed by atoms with Crippen LogP contribution in [0.15, 0.2) is 0 Å². The summed E-state index contributed by atoms with van der Waals surface area (Å²) in [7, 11) is 1.68. The number of halogens is 1. The SMILES string of the molecule is CCC(CN)OC.Cl. The topological polar surface area (TPSA) is 35.2 Å². The van der Waals surface area contributed by atoms with Crippen LogP contribution < -0.4 is 5.73 Å². The van der Waals surface area contributed by atoms with Gasteiger partial charge in [0, 0.05) is 13.7 Å². The van der Waals surface area contributed by atoms with Crippen molar-refractivity contribution in [3.05, 3.63) is 0 Å². The van der Waals surface area contributed by atoms with Gasteiger partial charge in [0.2, 0.25) is 0 Å². The monoisotopic (exact) mass is 139 g/mol. The lowest BCUT2D eigenvalue weighted by Crippen LogP contribution is -2.20. The molecule has 0 aliphatic rings. The van der Waals surface area contributed by atoms with Crippen molar-refractivity contribution in [2.45, 2.75) is 19.4 Å². The van der Waals surface area contributed by atoms with Gasteiger partial charge in [0.1, 0.15) is 0 Å². The zero-order chi connectivity index (χ0) is 5.70. The second-order valence-corrected chi connectivity index (χ2v) is 1.50. The van der Waals surface area contributed by atoms with Crippen molar-refractivity contribution in [2.24, 2.45) is 5.73 Å². The Kier molecular flexibility index (Phi) is 9.97. The van der Waals surface area contributed by atoms with Gasteiger partial charge >= 0.3 is 0 Å². The first-order chi connectivity index (χ1) is 3.35. The van der Waals surface area contributed by atoms with Gasteiger partial charge in [0.05, 0.1) is 6.10 Å². The highest BCUT2D eigenvalue weighted by atomic mass is 35.5. The summed E-state index contributed by atoms with van der Waals surface area (Å²) in [6.07, 6.45) is 1.27. The molecule has 0 aliphatic heterocycles. The lowest BCUT2D eigenvalue weighted by molar-refractivity contribution is 0.106. The molecule has 0 saturated carbocycles. The van der Waals surface area contributed by atoms with E-state index in [0.717, 1.165) is 6.42 Å². The molecule has 1 atom stereocenters. The van der Waals surface area contributed by atoms with Crippen LogP contribution in [0.3, 0.4) is 0 Å². The van der Waals surface area contributed by atoms with Crippen LogP contribution in [0, 0.1) is 0 Å². The highest BCUT2D eigenvalue weighted by Crippen LogP contribution is 1.89. The van der Waals surface area contributed by atoms with Crippen molar-refractivity contribution in [2.75, 3.05) is 13.7 Å². The Morgan fingerprint density at radius 3 is 2.12 bits per heavy atom. The third-order valence-corrected chi connectivity index (χ3v) is 1.05. The van der Waals surface area contributed by atoms with E-state index in [1.54, 1.807) is 7.11 Å². The quantitative estimate of drug-likeness (QED) is 0.628. The Labute approximate surface area is 56.8 Å². The zero-order valence-electron chi connectivity index (χ0n) is 5.39. The van der Waals surface area contributed by atoms with Gasteiger partial charge in [0.15, 0.2) is 0 Å². The van der Waals surface area contributed by atoms with Crippen molar-refractivity contribution in [3.63, 3.8) is 0 Å². The van der Waals surface area contributed by atoms with Gasteiger partial charge in [0.25, 0.3) is 0 Å². The van der Waals surface area contributed by atoms with Gasteiger partial charge in [-0.15, -0.1) is 12.4 Å². The molecular weight excluding hydrogens is 126 g/mol. The Hall–Kier alpha value is 0.210. The lowest BCUT2D eigenvalue weighted by Gasteiger charge is -2.07. The summed E-state index contributed by atoms with van der Waals surface area (Å²) in [6, 6.07) is 0. The number of ether oxygens (including phenoxy) is 1. The molecule has 0 spiro atoms. The average molecular weight is 140 g/mol. The van der Waals surface area contributed by atoms with Gasteiger partial charge in [-0.2, -0.15) is 0 Å². The summed E-state index contributed by atoms with van der Waals surface area (Å²) >= 11 is 0. The summed E-state index contributed by atoms with van der Waals surface area (Å²) in [5.41, 5.74) is 5.27. The molecule has 0 aromatic carbocycles. The van der Waals surface area contributed by atoms with Crippen LogP contribution in [0.4, 0.5) is 0 Å². The molecule has 2 N–H and O–H groups in total. The van der Waals surface area contributed by atoms with Crippen LogP contribution >= 0.6 is 12.4 Å². The highest BCUT2D eigenvalue weighted by molar-refractivity contribution is 5.85. The number of hydrogen-bond acceptors (Lipinski definition) is 2. The number of methoxy groups -OCH3 is 1. The summed E-state index contributed by atoms with van der Waals surface area (Å²) in [5.74, 6) is 0. The van der Waals surface area contributed by atoms with Crippen LogP contribution in [0.1, 0.15) is 13.3 Å². The molecule has 8 heavy (non-hydrogen) atoms. The third-order valence-electron chi connectivity index (χ3n) is 1.05. The minimum atomic E-state index is 0. The summed E-state index contributed by atoms with van der Waals surface area (Å²) in [5, 5.41) is 0. The molecule has 0 bridgehead atoms. The molecule has 0 amide bonds. The summed E-state index contributed by atoms with van der Waals surface area (Å²) in [6.45, 7) is 2.69. The van der Waals surface area contributed by atoms with Crippen molar-refractivity contribution in [3.8, 4) is 0 Å². The van der Waals surface area contributed by atoms with Crippen LogP contribution in [0.5, 0.6) is 0 Å². The van der Waals surface area contributed by atoms with E-state index in [4.69, 9.17) is 10.5 Å². The summed E-state index contributed by atoms with van der Waals surface area (Å²) in [4.78, 5) is 0. The molecule has 0 rings (SSSR count). The van der Waals surface area contributed by atoms with E-state index < -0.39 is 0 Å². The lowest BCUT2D eigenvalue weighted by atomic mass is 10.3. The van der Waals surface area contributed by atoms with Crippen LogP contribution in [-0.2, 0) is 4.74 Å². The van der Waals surface area contributed by atoms with E-state index >= 15 is 0 Å². The largest absolute Gasteiger partial charge is 0.380 e. The number of nitrogens with two attached hydrogens (primary N) is 1. The molecule has 0 saturated heterocycles. The first-order valence-electron chi connectivity index (χ1n) is 2.58. The van der Waals surface area contributed by atoms with E-state index in [9.17, 15) is 0 Å². The smallest absolute Gasteiger partial charge is 0.0690 e. The van der Waals surface area contributed by atoms with Crippen LogP contribution in [-0.4, -0.2) is 19.8 Å². The number of hydrogen-bond donors (Lipinski definition) is 1. The summed E-state index contributed by atoms with van der Waals surface area (Å²) < 4.78 is 4.92. The first kappa shape index (κ1) is 11.1. The van der Waals surface area contributed by atoms with E-state index in [0.29, 0.717) is 6.54 Å². The second kappa shape index (κ2) is 7.21. The fourth-order valence-electron chi connectivity index (χ4n) is 0.430. The average Bonchev–Trinajstić information content (AvgIpc) is 1.72. The minimum absolute atomic E-state index is 0. The molecule has 1 unspecified atom stereocenters. The van der Waals surface area contributed by atoms with Gasteiger partial charge in [-0.05, 0) is 6.42 Å².